The maximum absolute atomic E-state index is 8.87. The van der Waals surface area contributed by atoms with Crippen LogP contribution in [0.3, 0.4) is 0 Å². The molecule has 0 amide bonds. The van der Waals surface area contributed by atoms with Crippen molar-refractivity contribution in [2.45, 2.75) is 32.7 Å². The summed E-state index contributed by atoms with van der Waals surface area (Å²) in [4.78, 5) is 2.39. The van der Waals surface area contributed by atoms with E-state index in [1.54, 1.807) is 0 Å². The third-order valence-electron chi connectivity index (χ3n) is 3.52. The molecule has 0 spiro atoms. The summed E-state index contributed by atoms with van der Waals surface area (Å²) in [6.45, 7) is 5.60. The quantitative estimate of drug-likeness (QED) is 0.755. The fourth-order valence-electron chi connectivity index (χ4n) is 2.42. The van der Waals surface area contributed by atoms with E-state index >= 15 is 0 Å². The molecular weight excluding hydrogens is 232 g/mol. The second-order valence-corrected chi connectivity index (χ2v) is 5.37. The van der Waals surface area contributed by atoms with Gasteiger partial charge in [-0.25, -0.2) is 0 Å². The Labute approximate surface area is 108 Å². The molecule has 1 fully saturated rings. The number of piperidine rings is 1. The summed E-state index contributed by atoms with van der Waals surface area (Å²) < 4.78 is 0. The predicted molar refractivity (Wildman–Crippen MR) is 71.4 cm³/mol. The van der Waals surface area contributed by atoms with Gasteiger partial charge in [-0.1, -0.05) is 18.5 Å². The zero-order valence-corrected chi connectivity index (χ0v) is 11.0. The van der Waals surface area contributed by atoms with Crippen LogP contribution in [0.2, 0.25) is 5.02 Å². The molecule has 1 aliphatic heterocycles. The van der Waals surface area contributed by atoms with Crippen LogP contribution in [0, 0.1) is 17.2 Å². The van der Waals surface area contributed by atoms with Crippen LogP contribution in [0.5, 0.6) is 0 Å². The number of nitriles is 1. The average Bonchev–Trinajstić information content (AvgIpc) is 2.32. The van der Waals surface area contributed by atoms with Crippen molar-refractivity contribution in [1.29, 1.82) is 5.26 Å². The van der Waals surface area contributed by atoms with E-state index in [9.17, 15) is 0 Å². The SMILES string of the molecule is CC1CCC(C)N(c2ccc(C#N)c(Cl)c2)C1. The average molecular weight is 249 g/mol. The van der Waals surface area contributed by atoms with Gasteiger partial charge in [-0.05, 0) is 43.9 Å². The van der Waals surface area contributed by atoms with E-state index in [2.05, 4.69) is 24.8 Å². The number of hydrogen-bond acceptors (Lipinski definition) is 2. The Morgan fingerprint density at radius 2 is 2.12 bits per heavy atom. The third kappa shape index (κ3) is 2.56. The fraction of sp³-hybridized carbons (Fsp3) is 0.500. The first-order valence-corrected chi connectivity index (χ1v) is 6.46. The molecule has 2 nitrogen and oxygen atoms in total. The molecule has 1 aromatic rings. The first-order valence-electron chi connectivity index (χ1n) is 6.08. The summed E-state index contributed by atoms with van der Waals surface area (Å²) in [5, 5.41) is 9.42. The molecule has 0 saturated carbocycles. The molecule has 2 atom stereocenters. The lowest BCUT2D eigenvalue weighted by Gasteiger charge is -2.38. The van der Waals surface area contributed by atoms with Gasteiger partial charge in [0.15, 0.2) is 0 Å². The molecule has 2 rings (SSSR count). The highest BCUT2D eigenvalue weighted by atomic mass is 35.5. The molecule has 0 bridgehead atoms. The van der Waals surface area contributed by atoms with Crippen LogP contribution in [0.1, 0.15) is 32.3 Å². The van der Waals surface area contributed by atoms with Crippen LogP contribution in [0.4, 0.5) is 5.69 Å². The summed E-state index contributed by atoms with van der Waals surface area (Å²) in [7, 11) is 0. The molecular formula is C14H17ClN2. The van der Waals surface area contributed by atoms with E-state index in [0.29, 0.717) is 16.6 Å². The van der Waals surface area contributed by atoms with Gasteiger partial charge in [0.2, 0.25) is 0 Å². The van der Waals surface area contributed by atoms with Gasteiger partial charge < -0.3 is 4.90 Å². The highest BCUT2D eigenvalue weighted by Crippen LogP contribution is 2.30. The first kappa shape index (κ1) is 12.3. The van der Waals surface area contributed by atoms with E-state index in [4.69, 9.17) is 16.9 Å². The number of nitrogens with zero attached hydrogens (tertiary/aromatic N) is 2. The minimum absolute atomic E-state index is 0.549. The van der Waals surface area contributed by atoms with E-state index in [1.165, 1.54) is 12.8 Å². The Balaban J connectivity index is 2.27. The molecule has 17 heavy (non-hydrogen) atoms. The van der Waals surface area contributed by atoms with E-state index in [0.717, 1.165) is 18.2 Å². The van der Waals surface area contributed by atoms with Gasteiger partial charge in [-0.2, -0.15) is 5.26 Å². The van der Waals surface area contributed by atoms with E-state index in [1.807, 2.05) is 18.2 Å². The molecule has 1 heterocycles. The summed E-state index contributed by atoms with van der Waals surface area (Å²) in [5.74, 6) is 0.723. The number of hydrogen-bond donors (Lipinski definition) is 0. The number of halogens is 1. The standard InChI is InChI=1S/C14H17ClN2/c1-10-3-4-11(2)17(9-10)13-6-5-12(8-16)14(15)7-13/h5-7,10-11H,3-4,9H2,1-2H3. The topological polar surface area (TPSA) is 27.0 Å². The van der Waals surface area contributed by atoms with Crippen LogP contribution in [-0.4, -0.2) is 12.6 Å². The predicted octanol–water partition coefficient (Wildman–Crippen LogP) is 3.84. The Morgan fingerprint density at radius 3 is 2.76 bits per heavy atom. The fourth-order valence-corrected chi connectivity index (χ4v) is 2.64. The largest absolute Gasteiger partial charge is 0.369 e. The maximum atomic E-state index is 8.87. The minimum Gasteiger partial charge on any atom is -0.369 e. The van der Waals surface area contributed by atoms with Gasteiger partial charge in [0, 0.05) is 18.3 Å². The van der Waals surface area contributed by atoms with Gasteiger partial charge in [0.1, 0.15) is 6.07 Å². The monoisotopic (exact) mass is 248 g/mol. The Morgan fingerprint density at radius 1 is 1.35 bits per heavy atom. The van der Waals surface area contributed by atoms with Crippen molar-refractivity contribution in [2.24, 2.45) is 5.92 Å². The zero-order valence-electron chi connectivity index (χ0n) is 10.3. The summed E-state index contributed by atoms with van der Waals surface area (Å²) in [6.07, 6.45) is 2.51. The van der Waals surface area contributed by atoms with Crippen molar-refractivity contribution >= 4 is 17.3 Å². The molecule has 1 aliphatic rings. The zero-order chi connectivity index (χ0) is 12.4. The number of rotatable bonds is 1. The third-order valence-corrected chi connectivity index (χ3v) is 3.84. The number of anilines is 1. The summed E-state index contributed by atoms with van der Waals surface area (Å²) in [6, 6.07) is 8.37. The van der Waals surface area contributed by atoms with Gasteiger partial charge in [0.25, 0.3) is 0 Å². The van der Waals surface area contributed by atoms with Crippen molar-refractivity contribution in [3.05, 3.63) is 28.8 Å². The van der Waals surface area contributed by atoms with Crippen LogP contribution in [-0.2, 0) is 0 Å². The molecule has 90 valence electrons. The lowest BCUT2D eigenvalue weighted by molar-refractivity contribution is 0.390. The summed E-state index contributed by atoms with van der Waals surface area (Å²) in [5.41, 5.74) is 1.68. The molecule has 0 N–H and O–H groups in total. The second kappa shape index (κ2) is 4.98. The molecule has 2 unspecified atom stereocenters. The molecule has 0 aliphatic carbocycles. The Bertz CT molecular complexity index is 450. The van der Waals surface area contributed by atoms with Gasteiger partial charge in [-0.15, -0.1) is 0 Å². The van der Waals surface area contributed by atoms with E-state index < -0.39 is 0 Å². The highest BCUT2D eigenvalue weighted by molar-refractivity contribution is 6.32. The van der Waals surface area contributed by atoms with E-state index in [-0.39, 0.29) is 0 Å². The van der Waals surface area contributed by atoms with Crippen LogP contribution >= 0.6 is 11.6 Å². The molecule has 3 heteroatoms. The van der Waals surface area contributed by atoms with Gasteiger partial charge >= 0.3 is 0 Å². The van der Waals surface area contributed by atoms with Crippen molar-refractivity contribution in [3.63, 3.8) is 0 Å². The van der Waals surface area contributed by atoms with Crippen LogP contribution < -0.4 is 4.90 Å². The Hall–Kier alpha value is -1.20. The summed E-state index contributed by atoms with van der Waals surface area (Å²) >= 11 is 6.08. The Kier molecular flexibility index (Phi) is 3.59. The minimum atomic E-state index is 0.549. The molecule has 1 saturated heterocycles. The molecule has 0 aromatic heterocycles. The highest BCUT2D eigenvalue weighted by Gasteiger charge is 2.23. The second-order valence-electron chi connectivity index (χ2n) is 4.96. The lowest BCUT2D eigenvalue weighted by atomic mass is 9.94. The van der Waals surface area contributed by atoms with Gasteiger partial charge in [-0.3, -0.25) is 0 Å². The van der Waals surface area contributed by atoms with Crippen LogP contribution in [0.15, 0.2) is 18.2 Å². The maximum Gasteiger partial charge on any atom is 0.101 e. The molecule has 0 radical (unpaired) electrons. The van der Waals surface area contributed by atoms with Crippen molar-refractivity contribution in [2.75, 3.05) is 11.4 Å². The smallest absolute Gasteiger partial charge is 0.101 e. The van der Waals surface area contributed by atoms with Crippen molar-refractivity contribution in [1.82, 2.24) is 0 Å². The van der Waals surface area contributed by atoms with Crippen LogP contribution in [0.25, 0.3) is 0 Å². The lowest BCUT2D eigenvalue weighted by Crippen LogP contribution is -2.41. The van der Waals surface area contributed by atoms with Crippen molar-refractivity contribution < 1.29 is 0 Å². The van der Waals surface area contributed by atoms with Crippen molar-refractivity contribution in [3.8, 4) is 6.07 Å². The normalized spacial score (nSPS) is 24.5. The first-order chi connectivity index (χ1) is 8.11. The molecule has 1 aromatic carbocycles. The van der Waals surface area contributed by atoms with Gasteiger partial charge in [0.05, 0.1) is 10.6 Å². The number of benzene rings is 1.